The van der Waals surface area contributed by atoms with Crippen molar-refractivity contribution in [1.29, 1.82) is 0 Å². The van der Waals surface area contributed by atoms with E-state index < -0.39 is 0 Å². The lowest BCUT2D eigenvalue weighted by atomic mass is 9.78. The molecule has 112 valence electrons. The summed E-state index contributed by atoms with van der Waals surface area (Å²) in [6.07, 6.45) is 3.92. The van der Waals surface area contributed by atoms with Gasteiger partial charge < -0.3 is 9.88 Å². The number of thiazole rings is 1. The lowest BCUT2D eigenvalue weighted by molar-refractivity contribution is -0.122. The van der Waals surface area contributed by atoms with Crippen molar-refractivity contribution in [3.63, 3.8) is 0 Å². The van der Waals surface area contributed by atoms with Gasteiger partial charge in [-0.15, -0.1) is 0 Å². The Morgan fingerprint density at radius 3 is 2.85 bits per heavy atom. The first kappa shape index (κ1) is 15.3. The van der Waals surface area contributed by atoms with Crippen molar-refractivity contribution in [1.82, 2.24) is 9.88 Å². The summed E-state index contributed by atoms with van der Waals surface area (Å²) in [6, 6.07) is 0.298. The van der Waals surface area contributed by atoms with E-state index in [1.54, 1.807) is 4.57 Å². The van der Waals surface area contributed by atoms with E-state index in [9.17, 15) is 9.59 Å². The third-order valence-electron chi connectivity index (χ3n) is 4.59. The zero-order valence-electron chi connectivity index (χ0n) is 12.5. The van der Waals surface area contributed by atoms with Gasteiger partial charge in [-0.05, 0) is 25.2 Å². The minimum atomic E-state index is 0.0231. The molecule has 1 aliphatic carbocycles. The molecule has 3 unspecified atom stereocenters. The number of hydrogen-bond donors (Lipinski definition) is 1. The Labute approximate surface area is 124 Å². The molecule has 1 aromatic rings. The van der Waals surface area contributed by atoms with E-state index >= 15 is 0 Å². The first-order valence-corrected chi connectivity index (χ1v) is 8.31. The van der Waals surface area contributed by atoms with Gasteiger partial charge in [0, 0.05) is 30.1 Å². The van der Waals surface area contributed by atoms with Crippen molar-refractivity contribution in [3.05, 3.63) is 20.7 Å². The molecule has 4 nitrogen and oxygen atoms in total. The van der Waals surface area contributed by atoms with Crippen LogP contribution in [0.4, 0.5) is 0 Å². The Hall–Kier alpha value is -1.10. The number of aromatic nitrogens is 1. The van der Waals surface area contributed by atoms with Gasteiger partial charge in [-0.25, -0.2) is 0 Å². The molecule has 0 radical (unpaired) electrons. The van der Waals surface area contributed by atoms with Crippen LogP contribution in [0, 0.1) is 18.8 Å². The second-order valence-electron chi connectivity index (χ2n) is 5.99. The van der Waals surface area contributed by atoms with Crippen LogP contribution in [0.2, 0.25) is 0 Å². The van der Waals surface area contributed by atoms with Crippen LogP contribution in [0.3, 0.4) is 0 Å². The van der Waals surface area contributed by atoms with Gasteiger partial charge in [0.1, 0.15) is 0 Å². The smallest absolute Gasteiger partial charge is 0.307 e. The number of carbonyl (C=O) groups excluding carboxylic acids is 1. The Kier molecular flexibility index (Phi) is 5.02. The second kappa shape index (κ2) is 6.57. The number of carbonyl (C=O) groups is 1. The van der Waals surface area contributed by atoms with E-state index in [1.807, 2.05) is 12.3 Å². The summed E-state index contributed by atoms with van der Waals surface area (Å²) in [4.78, 5) is 23.7. The number of nitrogens with one attached hydrogen (secondary N) is 1. The largest absolute Gasteiger partial charge is 0.353 e. The standard InChI is InChI=1S/C15H24N2O2S/c1-10-5-4-6-13(12(10)3)16-14(18)7-8-17-11(2)9-20-15(17)19/h9-10,12-13H,4-8H2,1-3H3,(H,16,18). The highest BCUT2D eigenvalue weighted by Gasteiger charge is 2.27. The van der Waals surface area contributed by atoms with Gasteiger partial charge in [0.05, 0.1) is 0 Å². The zero-order chi connectivity index (χ0) is 14.7. The fourth-order valence-corrected chi connectivity index (χ4v) is 3.71. The van der Waals surface area contributed by atoms with E-state index in [4.69, 9.17) is 0 Å². The summed E-state index contributed by atoms with van der Waals surface area (Å²) in [7, 11) is 0. The Bertz CT molecular complexity index is 520. The number of rotatable bonds is 4. The minimum absolute atomic E-state index is 0.0231. The first-order valence-electron chi connectivity index (χ1n) is 7.43. The van der Waals surface area contributed by atoms with Gasteiger partial charge in [-0.2, -0.15) is 0 Å². The van der Waals surface area contributed by atoms with Crippen LogP contribution in [-0.4, -0.2) is 16.5 Å². The highest BCUT2D eigenvalue weighted by molar-refractivity contribution is 7.07. The van der Waals surface area contributed by atoms with E-state index in [1.165, 1.54) is 24.2 Å². The van der Waals surface area contributed by atoms with Gasteiger partial charge in [0.15, 0.2) is 0 Å². The van der Waals surface area contributed by atoms with Crippen molar-refractivity contribution in [2.75, 3.05) is 0 Å². The molecule has 0 bridgehead atoms. The van der Waals surface area contributed by atoms with Gasteiger partial charge in [-0.1, -0.05) is 38.0 Å². The average molecular weight is 296 g/mol. The monoisotopic (exact) mass is 296 g/mol. The SMILES string of the molecule is Cc1csc(=O)n1CCC(=O)NC1CCCC(C)C1C. The molecule has 1 aliphatic rings. The molecule has 0 saturated heterocycles. The van der Waals surface area contributed by atoms with Crippen LogP contribution in [0.15, 0.2) is 10.2 Å². The predicted molar refractivity (Wildman–Crippen MR) is 82.0 cm³/mol. The van der Waals surface area contributed by atoms with Crippen molar-refractivity contribution in [3.8, 4) is 0 Å². The molecule has 20 heavy (non-hydrogen) atoms. The van der Waals surface area contributed by atoms with Crippen LogP contribution in [-0.2, 0) is 11.3 Å². The van der Waals surface area contributed by atoms with Gasteiger partial charge in [-0.3, -0.25) is 9.59 Å². The topological polar surface area (TPSA) is 51.1 Å². The van der Waals surface area contributed by atoms with Crippen molar-refractivity contribution < 1.29 is 4.79 Å². The van der Waals surface area contributed by atoms with Crippen LogP contribution in [0.1, 0.15) is 45.2 Å². The lowest BCUT2D eigenvalue weighted by Gasteiger charge is -2.34. The predicted octanol–water partition coefficient (Wildman–Crippen LogP) is 2.55. The summed E-state index contributed by atoms with van der Waals surface area (Å²) < 4.78 is 1.68. The normalized spacial score (nSPS) is 26.4. The molecular formula is C15H24N2O2S. The van der Waals surface area contributed by atoms with E-state index in [-0.39, 0.29) is 10.8 Å². The zero-order valence-corrected chi connectivity index (χ0v) is 13.3. The molecule has 5 heteroatoms. The average Bonchev–Trinajstić information content (AvgIpc) is 2.72. The van der Waals surface area contributed by atoms with Gasteiger partial charge >= 0.3 is 4.87 Å². The van der Waals surface area contributed by atoms with Crippen LogP contribution in [0.5, 0.6) is 0 Å². The van der Waals surface area contributed by atoms with Crippen molar-refractivity contribution in [2.45, 2.75) is 59.0 Å². The summed E-state index contributed by atoms with van der Waals surface area (Å²) >= 11 is 1.19. The van der Waals surface area contributed by atoms with E-state index in [0.29, 0.717) is 30.8 Å². The molecule has 0 aromatic carbocycles. The molecule has 1 saturated carbocycles. The molecule has 1 aromatic heterocycles. The first-order chi connectivity index (χ1) is 9.49. The van der Waals surface area contributed by atoms with Crippen LogP contribution >= 0.6 is 11.3 Å². The highest BCUT2D eigenvalue weighted by atomic mass is 32.1. The number of nitrogens with zero attached hydrogens (tertiary/aromatic N) is 1. The molecule has 3 atom stereocenters. The number of hydrogen-bond acceptors (Lipinski definition) is 3. The number of amides is 1. The molecular weight excluding hydrogens is 272 g/mol. The van der Waals surface area contributed by atoms with E-state index in [0.717, 1.165) is 12.1 Å². The number of aryl methyl sites for hydroxylation is 1. The molecule has 2 rings (SSSR count). The third kappa shape index (κ3) is 3.51. The van der Waals surface area contributed by atoms with Crippen LogP contribution in [0.25, 0.3) is 0 Å². The van der Waals surface area contributed by atoms with Gasteiger partial charge in [0.2, 0.25) is 5.91 Å². The van der Waals surface area contributed by atoms with Crippen molar-refractivity contribution >= 4 is 17.2 Å². The maximum absolute atomic E-state index is 12.1. The lowest BCUT2D eigenvalue weighted by Crippen LogP contribution is -2.44. The van der Waals surface area contributed by atoms with Gasteiger partial charge in [0.25, 0.3) is 0 Å². The minimum Gasteiger partial charge on any atom is -0.353 e. The highest BCUT2D eigenvalue weighted by Crippen LogP contribution is 2.29. The second-order valence-corrected chi connectivity index (χ2v) is 6.81. The Morgan fingerprint density at radius 1 is 1.45 bits per heavy atom. The van der Waals surface area contributed by atoms with Crippen LogP contribution < -0.4 is 10.2 Å². The molecule has 1 heterocycles. The summed E-state index contributed by atoms with van der Waals surface area (Å²) in [6.45, 7) is 6.87. The van der Waals surface area contributed by atoms with E-state index in [2.05, 4.69) is 19.2 Å². The van der Waals surface area contributed by atoms with Crippen molar-refractivity contribution in [2.24, 2.45) is 11.8 Å². The fraction of sp³-hybridized carbons (Fsp3) is 0.733. The molecule has 1 N–H and O–H groups in total. The maximum Gasteiger partial charge on any atom is 0.307 e. The molecule has 1 fully saturated rings. The maximum atomic E-state index is 12.1. The molecule has 1 amide bonds. The quantitative estimate of drug-likeness (QED) is 0.928. The third-order valence-corrected chi connectivity index (χ3v) is 5.47. The summed E-state index contributed by atoms with van der Waals surface area (Å²) in [5.41, 5.74) is 0.937. The summed E-state index contributed by atoms with van der Waals surface area (Å²) in [5.74, 6) is 1.28. The molecule has 0 aliphatic heterocycles. The summed E-state index contributed by atoms with van der Waals surface area (Å²) in [5, 5.41) is 4.99. The Morgan fingerprint density at radius 2 is 2.20 bits per heavy atom. The molecule has 0 spiro atoms. The fourth-order valence-electron chi connectivity index (χ4n) is 2.95. The Balaban J connectivity index is 1.85.